The molecule has 1 N–H and O–H groups in total. The summed E-state index contributed by atoms with van der Waals surface area (Å²) in [5.41, 5.74) is 4.50. The fraction of sp³-hybridized carbons (Fsp3) is 0.500. The number of hydrogen-bond acceptors (Lipinski definition) is 3. The maximum Gasteiger partial charge on any atom is 0.0827 e. The highest BCUT2D eigenvalue weighted by atomic mass is 16.3. The topological polar surface area (TPSA) is 50.9 Å². The summed E-state index contributed by atoms with van der Waals surface area (Å²) < 4.78 is 1.86. The minimum atomic E-state index is 0.108. The van der Waals surface area contributed by atoms with Crippen LogP contribution in [0, 0.1) is 6.92 Å². The Hall–Kier alpha value is -1.68. The van der Waals surface area contributed by atoms with E-state index < -0.39 is 0 Å². The van der Waals surface area contributed by atoms with E-state index >= 15 is 0 Å². The first-order valence-corrected chi connectivity index (χ1v) is 7.23. The van der Waals surface area contributed by atoms with Crippen LogP contribution in [0.4, 0.5) is 0 Å². The normalized spacial score (nSPS) is 12.6. The van der Waals surface area contributed by atoms with E-state index in [1.54, 1.807) is 0 Å². The van der Waals surface area contributed by atoms with Crippen LogP contribution in [-0.2, 0) is 19.6 Å². The van der Waals surface area contributed by atoms with E-state index in [0.717, 1.165) is 36.2 Å². The van der Waals surface area contributed by atoms with Crippen molar-refractivity contribution in [2.24, 2.45) is 0 Å². The lowest BCUT2D eigenvalue weighted by molar-refractivity contribution is 0.281. The lowest BCUT2D eigenvalue weighted by Crippen LogP contribution is -1.99. The van der Waals surface area contributed by atoms with E-state index in [1.165, 1.54) is 5.56 Å². The molecule has 0 spiro atoms. The van der Waals surface area contributed by atoms with Crippen molar-refractivity contribution in [2.75, 3.05) is 0 Å². The molecule has 2 rings (SSSR count). The lowest BCUT2D eigenvalue weighted by Gasteiger charge is -2.13. The maximum atomic E-state index is 9.34. The second kappa shape index (κ2) is 6.66. The Kier molecular flexibility index (Phi) is 4.90. The van der Waals surface area contributed by atoms with Crippen molar-refractivity contribution in [1.29, 1.82) is 0 Å². The van der Waals surface area contributed by atoms with E-state index in [2.05, 4.69) is 42.4 Å². The largest absolute Gasteiger partial charge is 0.392 e. The zero-order valence-electron chi connectivity index (χ0n) is 12.5. The molecule has 1 unspecified atom stereocenters. The number of aliphatic hydroxyl groups excluding tert-OH is 1. The molecule has 2 aromatic rings. The van der Waals surface area contributed by atoms with Crippen LogP contribution in [0.2, 0.25) is 0 Å². The van der Waals surface area contributed by atoms with Crippen molar-refractivity contribution in [1.82, 2.24) is 15.0 Å². The molecule has 1 aromatic heterocycles. The molecule has 0 saturated heterocycles. The summed E-state index contributed by atoms with van der Waals surface area (Å²) in [5, 5.41) is 17.6. The zero-order chi connectivity index (χ0) is 14.5. The molecule has 0 aliphatic carbocycles. The van der Waals surface area contributed by atoms with Gasteiger partial charge in [-0.3, -0.25) is 4.68 Å². The van der Waals surface area contributed by atoms with Crippen LogP contribution in [0.25, 0.3) is 0 Å². The van der Waals surface area contributed by atoms with Gasteiger partial charge in [-0.05, 0) is 49.3 Å². The summed E-state index contributed by atoms with van der Waals surface area (Å²) in [6, 6.07) is 6.36. The fourth-order valence-electron chi connectivity index (χ4n) is 2.31. The number of rotatable bonds is 6. The third-order valence-corrected chi connectivity index (χ3v) is 3.86. The van der Waals surface area contributed by atoms with Gasteiger partial charge >= 0.3 is 0 Å². The summed E-state index contributed by atoms with van der Waals surface area (Å²) in [6.45, 7) is 7.28. The molecular formula is C16H23N3O. The predicted molar refractivity (Wildman–Crippen MR) is 79.5 cm³/mol. The third-order valence-electron chi connectivity index (χ3n) is 3.86. The number of benzene rings is 1. The molecule has 0 radical (unpaired) electrons. The van der Waals surface area contributed by atoms with Crippen LogP contribution in [0.1, 0.15) is 48.6 Å². The average molecular weight is 273 g/mol. The van der Waals surface area contributed by atoms with Crippen molar-refractivity contribution in [3.05, 3.63) is 46.8 Å². The minimum Gasteiger partial charge on any atom is -0.392 e. The zero-order valence-corrected chi connectivity index (χ0v) is 12.5. The average Bonchev–Trinajstić information content (AvgIpc) is 2.93. The van der Waals surface area contributed by atoms with E-state index in [0.29, 0.717) is 5.92 Å². The number of aromatic nitrogens is 3. The molecule has 0 fully saturated rings. The first-order valence-electron chi connectivity index (χ1n) is 7.23. The van der Waals surface area contributed by atoms with E-state index in [4.69, 9.17) is 0 Å². The third kappa shape index (κ3) is 3.45. The van der Waals surface area contributed by atoms with Gasteiger partial charge in [-0.25, -0.2) is 0 Å². The molecule has 0 saturated carbocycles. The molecular weight excluding hydrogens is 250 g/mol. The van der Waals surface area contributed by atoms with Crippen molar-refractivity contribution in [3.8, 4) is 0 Å². The van der Waals surface area contributed by atoms with E-state index in [-0.39, 0.29) is 6.61 Å². The Morgan fingerprint density at radius 1 is 1.35 bits per heavy atom. The maximum absolute atomic E-state index is 9.34. The first kappa shape index (κ1) is 14.7. The molecule has 1 aromatic carbocycles. The van der Waals surface area contributed by atoms with Gasteiger partial charge in [-0.15, -0.1) is 5.10 Å². The van der Waals surface area contributed by atoms with Crippen LogP contribution < -0.4 is 0 Å². The molecule has 0 aliphatic heterocycles. The molecule has 4 heteroatoms. The molecule has 0 amide bonds. The molecule has 1 heterocycles. The number of aryl methyl sites for hydroxylation is 3. The number of aliphatic hydroxyl groups is 1. The van der Waals surface area contributed by atoms with Gasteiger partial charge in [0.15, 0.2) is 0 Å². The molecule has 108 valence electrons. The Bertz CT molecular complexity index is 563. The first-order chi connectivity index (χ1) is 9.63. The highest BCUT2D eigenvalue weighted by Crippen LogP contribution is 2.23. The summed E-state index contributed by atoms with van der Waals surface area (Å²) in [5.74, 6) is 0.452. The Morgan fingerprint density at radius 2 is 2.15 bits per heavy atom. The quantitative estimate of drug-likeness (QED) is 0.880. The predicted octanol–water partition coefficient (Wildman–Crippen LogP) is 2.84. The van der Waals surface area contributed by atoms with Gasteiger partial charge in [0, 0.05) is 12.7 Å². The van der Waals surface area contributed by atoms with E-state index in [9.17, 15) is 5.11 Å². The highest BCUT2D eigenvalue weighted by Gasteiger charge is 2.09. The van der Waals surface area contributed by atoms with Gasteiger partial charge < -0.3 is 5.11 Å². The van der Waals surface area contributed by atoms with Crippen molar-refractivity contribution in [2.45, 2.75) is 52.7 Å². The second-order valence-electron chi connectivity index (χ2n) is 5.35. The van der Waals surface area contributed by atoms with Gasteiger partial charge in [0.2, 0.25) is 0 Å². The summed E-state index contributed by atoms with van der Waals surface area (Å²) in [4.78, 5) is 0. The van der Waals surface area contributed by atoms with Gasteiger partial charge in [0.05, 0.1) is 12.3 Å². The lowest BCUT2D eigenvalue weighted by atomic mass is 9.93. The Labute approximate surface area is 120 Å². The fourth-order valence-corrected chi connectivity index (χ4v) is 2.31. The van der Waals surface area contributed by atoms with Crippen LogP contribution >= 0.6 is 0 Å². The Balaban J connectivity index is 1.99. The molecule has 20 heavy (non-hydrogen) atoms. The molecule has 4 nitrogen and oxygen atoms in total. The van der Waals surface area contributed by atoms with E-state index in [1.807, 2.05) is 17.8 Å². The SMILES string of the molecule is CCn1cc(CCC(C)c2ccc(C)c(CO)c2)nn1. The number of hydrogen-bond donors (Lipinski definition) is 1. The van der Waals surface area contributed by atoms with Crippen molar-refractivity contribution >= 4 is 0 Å². The minimum absolute atomic E-state index is 0.108. The smallest absolute Gasteiger partial charge is 0.0827 e. The second-order valence-corrected chi connectivity index (χ2v) is 5.35. The summed E-state index contributed by atoms with van der Waals surface area (Å²) in [7, 11) is 0. The monoisotopic (exact) mass is 273 g/mol. The van der Waals surface area contributed by atoms with Crippen LogP contribution in [-0.4, -0.2) is 20.1 Å². The Morgan fingerprint density at radius 3 is 2.80 bits per heavy atom. The number of nitrogens with zero attached hydrogens (tertiary/aromatic N) is 3. The van der Waals surface area contributed by atoms with Gasteiger partial charge in [-0.1, -0.05) is 30.3 Å². The molecule has 0 bridgehead atoms. The standard InChI is InChI=1S/C16H23N3O/c1-4-19-10-16(17-18-19)8-6-12(2)14-7-5-13(3)15(9-14)11-20/h5,7,9-10,12,20H,4,6,8,11H2,1-3H3. The molecule has 1 atom stereocenters. The van der Waals surface area contributed by atoms with Gasteiger partial charge in [0.25, 0.3) is 0 Å². The van der Waals surface area contributed by atoms with Crippen LogP contribution in [0.5, 0.6) is 0 Å². The summed E-state index contributed by atoms with van der Waals surface area (Å²) in [6.07, 6.45) is 3.99. The van der Waals surface area contributed by atoms with Crippen molar-refractivity contribution < 1.29 is 5.11 Å². The van der Waals surface area contributed by atoms with Crippen molar-refractivity contribution in [3.63, 3.8) is 0 Å². The van der Waals surface area contributed by atoms with Crippen LogP contribution in [0.15, 0.2) is 24.4 Å². The molecule has 0 aliphatic rings. The van der Waals surface area contributed by atoms with Gasteiger partial charge in [-0.2, -0.15) is 0 Å². The van der Waals surface area contributed by atoms with Crippen LogP contribution in [0.3, 0.4) is 0 Å². The van der Waals surface area contributed by atoms with Gasteiger partial charge in [0.1, 0.15) is 0 Å². The summed E-state index contributed by atoms with van der Waals surface area (Å²) >= 11 is 0. The highest BCUT2D eigenvalue weighted by molar-refractivity contribution is 5.32.